The van der Waals surface area contributed by atoms with Crippen molar-refractivity contribution >= 4 is 22.9 Å². The van der Waals surface area contributed by atoms with Crippen molar-refractivity contribution in [3.05, 3.63) is 40.2 Å². The minimum absolute atomic E-state index is 0.00562. The molecule has 1 N–H and O–H groups in total. The summed E-state index contributed by atoms with van der Waals surface area (Å²) in [6.45, 7) is 0. The van der Waals surface area contributed by atoms with Gasteiger partial charge in [-0.15, -0.1) is 11.3 Å². The Morgan fingerprint density at radius 1 is 1.33 bits per heavy atom. The Kier molecular flexibility index (Phi) is 2.63. The first-order chi connectivity index (χ1) is 7.22. The van der Waals surface area contributed by atoms with E-state index >= 15 is 0 Å². The zero-order chi connectivity index (χ0) is 10.8. The van der Waals surface area contributed by atoms with Gasteiger partial charge in [0, 0.05) is 0 Å². The molecule has 0 spiro atoms. The number of hydrogen-bond acceptors (Lipinski definition) is 3. The average molecular weight is 236 g/mol. The van der Waals surface area contributed by atoms with Gasteiger partial charge in [0.2, 0.25) is 0 Å². The van der Waals surface area contributed by atoms with Crippen LogP contribution in [0.5, 0.6) is 5.75 Å². The van der Waals surface area contributed by atoms with E-state index < -0.39 is 0 Å². The SMILES string of the molecule is N#Cc1cc(-c2sccc2Cl)ccc1O. The van der Waals surface area contributed by atoms with Gasteiger partial charge in [-0.1, -0.05) is 11.6 Å². The van der Waals surface area contributed by atoms with E-state index in [1.54, 1.807) is 18.2 Å². The van der Waals surface area contributed by atoms with Crippen molar-refractivity contribution in [2.24, 2.45) is 0 Å². The van der Waals surface area contributed by atoms with Crippen molar-refractivity contribution in [2.75, 3.05) is 0 Å². The van der Waals surface area contributed by atoms with Gasteiger partial charge in [-0.2, -0.15) is 5.26 Å². The number of nitrogens with zero attached hydrogens (tertiary/aromatic N) is 1. The number of nitriles is 1. The predicted octanol–water partition coefficient (Wildman–Crippen LogP) is 3.65. The first kappa shape index (κ1) is 10.0. The summed E-state index contributed by atoms with van der Waals surface area (Å²) in [4.78, 5) is 0.910. The first-order valence-corrected chi connectivity index (χ1v) is 5.44. The number of phenolic OH excluding ortho intramolecular Hbond substituents is 1. The summed E-state index contributed by atoms with van der Waals surface area (Å²) in [6.07, 6.45) is 0. The third-order valence-electron chi connectivity index (χ3n) is 2.00. The minimum atomic E-state index is -0.00562. The molecule has 0 saturated heterocycles. The number of halogens is 1. The summed E-state index contributed by atoms with van der Waals surface area (Å²) in [5, 5.41) is 20.7. The second kappa shape index (κ2) is 3.93. The molecule has 0 aliphatic heterocycles. The average Bonchev–Trinajstić information content (AvgIpc) is 2.65. The quantitative estimate of drug-likeness (QED) is 0.820. The van der Waals surface area contributed by atoms with Gasteiger partial charge in [-0.3, -0.25) is 0 Å². The summed E-state index contributed by atoms with van der Waals surface area (Å²) in [5.41, 5.74) is 1.11. The van der Waals surface area contributed by atoms with E-state index in [9.17, 15) is 5.11 Å². The van der Waals surface area contributed by atoms with E-state index in [0.717, 1.165) is 10.4 Å². The first-order valence-electron chi connectivity index (χ1n) is 4.19. The highest BCUT2D eigenvalue weighted by Gasteiger charge is 2.07. The second-order valence-electron chi connectivity index (χ2n) is 2.94. The number of hydrogen-bond donors (Lipinski definition) is 1. The largest absolute Gasteiger partial charge is 0.507 e. The fraction of sp³-hybridized carbons (Fsp3) is 0. The summed E-state index contributed by atoms with van der Waals surface area (Å²) in [5.74, 6) is -0.00562. The molecule has 0 amide bonds. The number of thiophene rings is 1. The van der Waals surface area contributed by atoms with Crippen molar-refractivity contribution in [2.45, 2.75) is 0 Å². The van der Waals surface area contributed by atoms with Gasteiger partial charge in [0.1, 0.15) is 11.8 Å². The summed E-state index contributed by atoms with van der Waals surface area (Å²) in [6, 6.07) is 8.61. The topological polar surface area (TPSA) is 44.0 Å². The lowest BCUT2D eigenvalue weighted by Crippen LogP contribution is -1.79. The van der Waals surface area contributed by atoms with Gasteiger partial charge >= 0.3 is 0 Å². The molecule has 0 aliphatic carbocycles. The smallest absolute Gasteiger partial charge is 0.133 e. The number of aromatic hydroxyl groups is 1. The van der Waals surface area contributed by atoms with Crippen LogP contribution in [0.3, 0.4) is 0 Å². The van der Waals surface area contributed by atoms with Crippen LogP contribution in [0.25, 0.3) is 10.4 Å². The summed E-state index contributed by atoms with van der Waals surface area (Å²) in [7, 11) is 0. The minimum Gasteiger partial charge on any atom is -0.507 e. The highest BCUT2D eigenvalue weighted by molar-refractivity contribution is 7.14. The van der Waals surface area contributed by atoms with Crippen LogP contribution in [-0.2, 0) is 0 Å². The van der Waals surface area contributed by atoms with E-state index in [1.807, 2.05) is 11.4 Å². The lowest BCUT2D eigenvalue weighted by atomic mass is 10.1. The van der Waals surface area contributed by atoms with Gasteiger partial charge < -0.3 is 5.11 Å². The molecule has 0 unspecified atom stereocenters. The molecule has 4 heteroatoms. The lowest BCUT2D eigenvalue weighted by molar-refractivity contribution is 0.473. The van der Waals surface area contributed by atoms with Crippen LogP contribution < -0.4 is 0 Å². The molecular formula is C11H6ClNOS. The van der Waals surface area contributed by atoms with Gasteiger partial charge in [0.05, 0.1) is 15.5 Å². The molecule has 0 aliphatic rings. The third kappa shape index (κ3) is 1.82. The van der Waals surface area contributed by atoms with E-state index in [1.165, 1.54) is 17.4 Å². The molecule has 74 valence electrons. The maximum absolute atomic E-state index is 9.35. The highest BCUT2D eigenvalue weighted by atomic mass is 35.5. The van der Waals surface area contributed by atoms with Gasteiger partial charge in [-0.05, 0) is 35.2 Å². The summed E-state index contributed by atoms with van der Waals surface area (Å²) >= 11 is 7.48. The zero-order valence-electron chi connectivity index (χ0n) is 7.57. The Balaban J connectivity index is 2.57. The molecule has 0 bridgehead atoms. The van der Waals surface area contributed by atoms with Crippen LogP contribution in [0.2, 0.25) is 5.02 Å². The molecule has 2 nitrogen and oxygen atoms in total. The second-order valence-corrected chi connectivity index (χ2v) is 4.26. The Labute approximate surface area is 96.0 Å². The predicted molar refractivity (Wildman–Crippen MR) is 61.1 cm³/mol. The fourth-order valence-electron chi connectivity index (χ4n) is 1.27. The molecule has 0 fully saturated rings. The third-order valence-corrected chi connectivity index (χ3v) is 3.39. The lowest BCUT2D eigenvalue weighted by Gasteiger charge is -2.01. The van der Waals surface area contributed by atoms with Crippen LogP contribution >= 0.6 is 22.9 Å². The van der Waals surface area contributed by atoms with Crippen LogP contribution in [-0.4, -0.2) is 5.11 Å². The molecule has 1 heterocycles. The van der Waals surface area contributed by atoms with Gasteiger partial charge in [0.25, 0.3) is 0 Å². The molecule has 15 heavy (non-hydrogen) atoms. The Bertz CT molecular complexity index is 542. The fourth-order valence-corrected chi connectivity index (χ4v) is 2.43. The maximum Gasteiger partial charge on any atom is 0.133 e. The van der Waals surface area contributed by atoms with E-state index in [4.69, 9.17) is 16.9 Å². The Hall–Kier alpha value is -1.50. The molecule has 2 aromatic rings. The number of phenols is 1. The molecule has 0 atom stereocenters. The molecule has 0 radical (unpaired) electrons. The molecule has 2 rings (SSSR count). The van der Waals surface area contributed by atoms with Gasteiger partial charge in [-0.25, -0.2) is 0 Å². The maximum atomic E-state index is 9.35. The van der Waals surface area contributed by atoms with Crippen molar-refractivity contribution in [3.63, 3.8) is 0 Å². The number of rotatable bonds is 1. The summed E-state index contributed by atoms with van der Waals surface area (Å²) < 4.78 is 0. The van der Waals surface area contributed by atoms with Crippen molar-refractivity contribution in [1.29, 1.82) is 5.26 Å². The molecule has 1 aromatic carbocycles. The monoisotopic (exact) mass is 235 g/mol. The van der Waals surface area contributed by atoms with E-state index in [-0.39, 0.29) is 11.3 Å². The normalized spacial score (nSPS) is 9.87. The van der Waals surface area contributed by atoms with Crippen LogP contribution in [0.1, 0.15) is 5.56 Å². The van der Waals surface area contributed by atoms with Gasteiger partial charge in [0.15, 0.2) is 0 Å². The van der Waals surface area contributed by atoms with E-state index in [0.29, 0.717) is 5.02 Å². The Morgan fingerprint density at radius 3 is 2.73 bits per heavy atom. The molecular weight excluding hydrogens is 230 g/mol. The number of benzene rings is 1. The van der Waals surface area contributed by atoms with Crippen molar-refractivity contribution in [3.8, 4) is 22.3 Å². The molecule has 1 aromatic heterocycles. The van der Waals surface area contributed by atoms with Crippen LogP contribution in [0, 0.1) is 11.3 Å². The zero-order valence-corrected chi connectivity index (χ0v) is 9.14. The van der Waals surface area contributed by atoms with Crippen molar-refractivity contribution in [1.82, 2.24) is 0 Å². The van der Waals surface area contributed by atoms with Crippen LogP contribution in [0.4, 0.5) is 0 Å². The highest BCUT2D eigenvalue weighted by Crippen LogP contribution is 2.34. The standard InChI is InChI=1S/C11H6ClNOS/c12-9-3-4-15-11(9)7-1-2-10(14)8(5-7)6-13/h1-5,14H. The van der Waals surface area contributed by atoms with E-state index in [2.05, 4.69) is 0 Å². The van der Waals surface area contributed by atoms with Crippen molar-refractivity contribution < 1.29 is 5.11 Å². The molecule has 0 saturated carbocycles. The van der Waals surface area contributed by atoms with Crippen LogP contribution in [0.15, 0.2) is 29.6 Å². The Morgan fingerprint density at radius 2 is 2.13 bits per heavy atom.